The van der Waals surface area contributed by atoms with E-state index in [9.17, 15) is 18.0 Å². The predicted molar refractivity (Wildman–Crippen MR) is 93.8 cm³/mol. The lowest BCUT2D eigenvalue weighted by Crippen LogP contribution is -2.44. The van der Waals surface area contributed by atoms with Crippen molar-refractivity contribution in [1.82, 2.24) is 9.88 Å². The molecule has 26 heavy (non-hydrogen) atoms. The van der Waals surface area contributed by atoms with Gasteiger partial charge in [-0.1, -0.05) is 12.1 Å². The van der Waals surface area contributed by atoms with Gasteiger partial charge >= 0.3 is 12.0 Å². The van der Waals surface area contributed by atoms with Crippen molar-refractivity contribution in [2.45, 2.75) is 18.0 Å². The Hall–Kier alpha value is -2.94. The number of urea groups is 1. The summed E-state index contributed by atoms with van der Waals surface area (Å²) >= 11 is 0. The lowest BCUT2D eigenvalue weighted by Gasteiger charge is -2.34. The van der Waals surface area contributed by atoms with Gasteiger partial charge < -0.3 is 10.0 Å². The molecule has 136 valence electrons. The molecular formula is C17H17N3O5S. The lowest BCUT2D eigenvalue weighted by atomic mass is 10.1. The Kier molecular flexibility index (Phi) is 4.41. The van der Waals surface area contributed by atoms with Crippen LogP contribution in [0.15, 0.2) is 41.4 Å². The molecule has 9 heteroatoms. The SMILES string of the molecule is CN1C(=O)N(Cc2ccc(S(C)(=O)=O)cc2)Cc2cc(C(=O)O)ncc21. The Balaban J connectivity index is 1.86. The second kappa shape index (κ2) is 6.41. The number of hydrogen-bond donors (Lipinski definition) is 1. The van der Waals surface area contributed by atoms with Gasteiger partial charge in [-0.05, 0) is 29.3 Å². The molecule has 1 aromatic carbocycles. The molecule has 0 spiro atoms. The van der Waals surface area contributed by atoms with Gasteiger partial charge in [-0.25, -0.2) is 23.0 Å². The third-order valence-corrected chi connectivity index (χ3v) is 5.32. The molecule has 0 saturated carbocycles. The molecule has 2 amide bonds. The number of aromatic nitrogens is 1. The first kappa shape index (κ1) is 17.9. The number of carbonyl (C=O) groups is 2. The van der Waals surface area contributed by atoms with Crippen molar-refractivity contribution < 1.29 is 23.1 Å². The summed E-state index contributed by atoms with van der Waals surface area (Å²) in [7, 11) is -1.68. The Bertz CT molecular complexity index is 986. The fourth-order valence-electron chi connectivity index (χ4n) is 2.81. The first-order valence-corrected chi connectivity index (χ1v) is 9.60. The quantitative estimate of drug-likeness (QED) is 0.872. The van der Waals surface area contributed by atoms with Crippen molar-refractivity contribution in [2.24, 2.45) is 0 Å². The number of benzene rings is 1. The van der Waals surface area contributed by atoms with Gasteiger partial charge in [0.1, 0.15) is 5.69 Å². The van der Waals surface area contributed by atoms with E-state index < -0.39 is 15.8 Å². The van der Waals surface area contributed by atoms with Crippen molar-refractivity contribution in [1.29, 1.82) is 0 Å². The molecule has 0 bridgehead atoms. The summed E-state index contributed by atoms with van der Waals surface area (Å²) in [5, 5.41) is 9.09. The maximum Gasteiger partial charge on any atom is 0.354 e. The van der Waals surface area contributed by atoms with E-state index in [2.05, 4.69) is 4.98 Å². The number of amides is 2. The van der Waals surface area contributed by atoms with E-state index in [1.54, 1.807) is 24.1 Å². The molecule has 1 aliphatic heterocycles. The van der Waals surface area contributed by atoms with E-state index in [0.717, 1.165) is 11.8 Å². The van der Waals surface area contributed by atoms with Crippen molar-refractivity contribution in [2.75, 3.05) is 18.2 Å². The number of carboxylic acid groups (broad SMARTS) is 1. The molecule has 0 fully saturated rings. The minimum absolute atomic E-state index is 0.0797. The first-order valence-electron chi connectivity index (χ1n) is 7.70. The van der Waals surface area contributed by atoms with Crippen LogP contribution in [0.3, 0.4) is 0 Å². The number of carboxylic acids is 1. The van der Waals surface area contributed by atoms with Gasteiger partial charge in [-0.2, -0.15) is 0 Å². The number of rotatable bonds is 4. The van der Waals surface area contributed by atoms with E-state index in [1.807, 2.05) is 0 Å². The van der Waals surface area contributed by atoms with Crippen molar-refractivity contribution in [3.05, 3.63) is 53.3 Å². The van der Waals surface area contributed by atoms with Gasteiger partial charge in [-0.3, -0.25) is 4.90 Å². The van der Waals surface area contributed by atoms with Crippen LogP contribution >= 0.6 is 0 Å². The van der Waals surface area contributed by atoms with Gasteiger partial charge in [0.25, 0.3) is 0 Å². The maximum absolute atomic E-state index is 12.5. The standard InChI is InChI=1S/C17H17N3O5S/c1-19-15-8-18-14(16(21)22)7-12(15)10-20(17(19)23)9-11-3-5-13(6-4-11)26(2,24)25/h3-8H,9-10H2,1-2H3,(H,21,22). The average molecular weight is 375 g/mol. The third-order valence-electron chi connectivity index (χ3n) is 4.19. The number of sulfone groups is 1. The van der Waals surface area contributed by atoms with E-state index >= 15 is 0 Å². The highest BCUT2D eigenvalue weighted by atomic mass is 32.2. The van der Waals surface area contributed by atoms with Crippen LogP contribution in [0.5, 0.6) is 0 Å². The second-order valence-electron chi connectivity index (χ2n) is 6.12. The zero-order valence-electron chi connectivity index (χ0n) is 14.2. The number of fused-ring (bicyclic) bond motifs is 1. The molecule has 1 aliphatic rings. The summed E-state index contributed by atoms with van der Waals surface area (Å²) < 4.78 is 23.1. The maximum atomic E-state index is 12.5. The summed E-state index contributed by atoms with van der Waals surface area (Å²) in [5.74, 6) is -1.13. The second-order valence-corrected chi connectivity index (χ2v) is 8.13. The van der Waals surface area contributed by atoms with Crippen LogP contribution in [0, 0.1) is 0 Å². The molecular weight excluding hydrogens is 358 g/mol. The van der Waals surface area contributed by atoms with Crippen LogP contribution in [0.25, 0.3) is 0 Å². The molecule has 3 rings (SSSR count). The zero-order valence-corrected chi connectivity index (χ0v) is 15.0. The monoisotopic (exact) mass is 375 g/mol. The van der Waals surface area contributed by atoms with Crippen molar-refractivity contribution in [3.8, 4) is 0 Å². The summed E-state index contributed by atoms with van der Waals surface area (Å²) in [5.41, 5.74) is 1.95. The summed E-state index contributed by atoms with van der Waals surface area (Å²) in [4.78, 5) is 30.7. The topological polar surface area (TPSA) is 108 Å². The summed E-state index contributed by atoms with van der Waals surface area (Å²) in [6.07, 6.45) is 2.52. The third kappa shape index (κ3) is 3.38. The molecule has 0 radical (unpaired) electrons. The van der Waals surface area contributed by atoms with E-state index in [0.29, 0.717) is 11.3 Å². The predicted octanol–water partition coefficient (Wildman–Crippen LogP) is 1.76. The number of pyridine rings is 1. The molecule has 2 heterocycles. The van der Waals surface area contributed by atoms with Gasteiger partial charge in [0.2, 0.25) is 0 Å². The molecule has 8 nitrogen and oxygen atoms in total. The number of aromatic carboxylic acids is 1. The largest absolute Gasteiger partial charge is 0.477 e. The Morgan fingerprint density at radius 2 is 1.92 bits per heavy atom. The van der Waals surface area contributed by atoms with E-state index in [-0.39, 0.29) is 29.7 Å². The minimum atomic E-state index is -3.28. The fraction of sp³-hybridized carbons (Fsp3) is 0.235. The molecule has 1 N–H and O–H groups in total. The van der Waals surface area contributed by atoms with Crippen LogP contribution in [-0.4, -0.2) is 48.7 Å². The highest BCUT2D eigenvalue weighted by molar-refractivity contribution is 7.90. The molecule has 0 unspecified atom stereocenters. The van der Waals surface area contributed by atoms with E-state index in [1.165, 1.54) is 29.3 Å². The fourth-order valence-corrected chi connectivity index (χ4v) is 3.44. The van der Waals surface area contributed by atoms with Crippen molar-refractivity contribution >= 4 is 27.5 Å². The van der Waals surface area contributed by atoms with Crippen LogP contribution in [0.4, 0.5) is 10.5 Å². The number of anilines is 1. The van der Waals surface area contributed by atoms with Gasteiger partial charge in [-0.15, -0.1) is 0 Å². The smallest absolute Gasteiger partial charge is 0.354 e. The lowest BCUT2D eigenvalue weighted by molar-refractivity contribution is 0.0690. The minimum Gasteiger partial charge on any atom is -0.477 e. The number of nitrogens with zero attached hydrogens (tertiary/aromatic N) is 3. The molecule has 0 aliphatic carbocycles. The van der Waals surface area contributed by atoms with Crippen LogP contribution < -0.4 is 4.90 Å². The normalized spacial score (nSPS) is 14.3. The summed E-state index contributed by atoms with van der Waals surface area (Å²) in [6, 6.07) is 7.55. The van der Waals surface area contributed by atoms with Crippen molar-refractivity contribution in [3.63, 3.8) is 0 Å². The number of carbonyl (C=O) groups excluding carboxylic acids is 1. The summed E-state index contributed by atoms with van der Waals surface area (Å²) in [6.45, 7) is 0.520. The van der Waals surface area contributed by atoms with Crippen LogP contribution in [-0.2, 0) is 22.9 Å². The van der Waals surface area contributed by atoms with E-state index in [4.69, 9.17) is 5.11 Å². The first-order chi connectivity index (χ1) is 12.2. The highest BCUT2D eigenvalue weighted by Gasteiger charge is 2.29. The van der Waals surface area contributed by atoms with Crippen LogP contribution in [0.1, 0.15) is 21.6 Å². The highest BCUT2D eigenvalue weighted by Crippen LogP contribution is 2.28. The van der Waals surface area contributed by atoms with Gasteiger partial charge in [0.15, 0.2) is 9.84 Å². The molecule has 0 atom stereocenters. The van der Waals surface area contributed by atoms with Gasteiger partial charge in [0.05, 0.1) is 16.8 Å². The Morgan fingerprint density at radius 3 is 2.50 bits per heavy atom. The molecule has 0 saturated heterocycles. The Morgan fingerprint density at radius 1 is 1.27 bits per heavy atom. The zero-order chi connectivity index (χ0) is 19.1. The number of hydrogen-bond acceptors (Lipinski definition) is 5. The Labute approximate surface area is 150 Å². The molecule has 2 aromatic rings. The molecule has 1 aromatic heterocycles. The average Bonchev–Trinajstić information content (AvgIpc) is 2.58. The van der Waals surface area contributed by atoms with Gasteiger partial charge in [0, 0.05) is 26.4 Å². The van der Waals surface area contributed by atoms with Crippen LogP contribution in [0.2, 0.25) is 0 Å².